The van der Waals surface area contributed by atoms with Crippen molar-refractivity contribution in [1.29, 1.82) is 0 Å². The van der Waals surface area contributed by atoms with E-state index in [0.29, 0.717) is 18.8 Å². The van der Waals surface area contributed by atoms with Crippen molar-refractivity contribution < 1.29 is 9.53 Å². The van der Waals surface area contributed by atoms with E-state index in [4.69, 9.17) is 4.74 Å². The third-order valence-electron chi connectivity index (χ3n) is 2.93. The summed E-state index contributed by atoms with van der Waals surface area (Å²) < 4.78 is 7.31. The molecule has 0 atom stereocenters. The Bertz CT molecular complexity index is 550. The lowest BCUT2D eigenvalue weighted by molar-refractivity contribution is 0.0526. The number of carbonyl (C=O) groups is 1. The number of nitrogens with zero attached hydrogens (tertiary/aromatic N) is 3. The van der Waals surface area contributed by atoms with E-state index in [1.807, 2.05) is 30.3 Å². The number of rotatable bonds is 3. The van der Waals surface area contributed by atoms with Crippen molar-refractivity contribution in [1.82, 2.24) is 14.7 Å². The number of ether oxygens (including phenoxy) is 1. The van der Waals surface area contributed by atoms with Crippen molar-refractivity contribution in [2.75, 3.05) is 13.3 Å². The Balaban J connectivity index is 1.67. The minimum absolute atomic E-state index is 0.0327. The molecule has 5 heteroatoms. The van der Waals surface area contributed by atoms with Gasteiger partial charge in [-0.25, -0.2) is 0 Å². The molecule has 1 aromatic carbocycles. The van der Waals surface area contributed by atoms with Gasteiger partial charge in [-0.1, -0.05) is 18.2 Å². The van der Waals surface area contributed by atoms with Gasteiger partial charge in [-0.3, -0.25) is 9.48 Å². The summed E-state index contributed by atoms with van der Waals surface area (Å²) in [6.45, 7) is 1.61. The van der Waals surface area contributed by atoms with Gasteiger partial charge in [0.15, 0.2) is 6.73 Å². The topological polar surface area (TPSA) is 47.4 Å². The zero-order valence-electron chi connectivity index (χ0n) is 9.82. The SMILES string of the molecule is O=C1c2ccnn2CCN1COc1ccccc1. The fourth-order valence-corrected chi connectivity index (χ4v) is 1.96. The number of hydrogen-bond acceptors (Lipinski definition) is 3. The van der Waals surface area contributed by atoms with Gasteiger partial charge < -0.3 is 9.64 Å². The highest BCUT2D eigenvalue weighted by Gasteiger charge is 2.24. The maximum Gasteiger partial charge on any atom is 0.274 e. The highest BCUT2D eigenvalue weighted by Crippen LogP contribution is 2.13. The fraction of sp³-hybridized carbons (Fsp3) is 0.231. The van der Waals surface area contributed by atoms with Crippen molar-refractivity contribution in [3.63, 3.8) is 0 Å². The molecule has 0 spiro atoms. The molecule has 0 aliphatic carbocycles. The molecule has 0 unspecified atom stereocenters. The molecule has 92 valence electrons. The molecule has 18 heavy (non-hydrogen) atoms. The first kappa shape index (κ1) is 10.8. The number of hydrogen-bond donors (Lipinski definition) is 0. The first-order valence-electron chi connectivity index (χ1n) is 5.83. The van der Waals surface area contributed by atoms with Crippen LogP contribution >= 0.6 is 0 Å². The molecule has 0 bridgehead atoms. The molecule has 5 nitrogen and oxygen atoms in total. The molecular weight excluding hydrogens is 230 g/mol. The quantitative estimate of drug-likeness (QED) is 0.818. The van der Waals surface area contributed by atoms with Gasteiger partial charge in [-0.15, -0.1) is 0 Å². The van der Waals surface area contributed by atoms with Crippen LogP contribution in [-0.4, -0.2) is 33.9 Å². The highest BCUT2D eigenvalue weighted by molar-refractivity contribution is 5.93. The van der Waals surface area contributed by atoms with E-state index in [-0.39, 0.29) is 12.6 Å². The van der Waals surface area contributed by atoms with Crippen LogP contribution in [0.25, 0.3) is 0 Å². The second kappa shape index (κ2) is 4.52. The third-order valence-corrected chi connectivity index (χ3v) is 2.93. The van der Waals surface area contributed by atoms with E-state index in [0.717, 1.165) is 5.75 Å². The van der Waals surface area contributed by atoms with Crippen LogP contribution in [-0.2, 0) is 6.54 Å². The van der Waals surface area contributed by atoms with E-state index < -0.39 is 0 Å². The molecule has 2 heterocycles. The van der Waals surface area contributed by atoms with E-state index in [2.05, 4.69) is 5.10 Å². The van der Waals surface area contributed by atoms with Gasteiger partial charge in [0.2, 0.25) is 0 Å². The molecule has 1 aliphatic rings. The van der Waals surface area contributed by atoms with Crippen LogP contribution in [0.5, 0.6) is 5.75 Å². The van der Waals surface area contributed by atoms with Gasteiger partial charge in [0.1, 0.15) is 11.4 Å². The summed E-state index contributed by atoms with van der Waals surface area (Å²) in [7, 11) is 0. The Kier molecular flexibility index (Phi) is 2.72. The molecule has 0 fully saturated rings. The largest absolute Gasteiger partial charge is 0.473 e. The summed E-state index contributed by atoms with van der Waals surface area (Å²) in [4.78, 5) is 13.8. The Morgan fingerprint density at radius 1 is 1.17 bits per heavy atom. The van der Waals surface area contributed by atoms with Gasteiger partial charge in [0.05, 0.1) is 6.54 Å². The average molecular weight is 243 g/mol. The molecule has 3 rings (SSSR count). The lowest BCUT2D eigenvalue weighted by Crippen LogP contribution is -2.42. The summed E-state index contributed by atoms with van der Waals surface area (Å²) in [5, 5.41) is 4.09. The molecule has 0 N–H and O–H groups in total. The number of amides is 1. The molecular formula is C13H13N3O2. The second-order valence-corrected chi connectivity index (χ2v) is 4.09. The molecule has 0 radical (unpaired) electrons. The Hall–Kier alpha value is -2.30. The van der Waals surface area contributed by atoms with Crippen LogP contribution in [0.15, 0.2) is 42.6 Å². The predicted molar refractivity (Wildman–Crippen MR) is 65.2 cm³/mol. The van der Waals surface area contributed by atoms with Crippen LogP contribution < -0.4 is 4.74 Å². The number of fused-ring (bicyclic) bond motifs is 1. The van der Waals surface area contributed by atoms with Crippen molar-refractivity contribution in [3.05, 3.63) is 48.3 Å². The normalized spacial score (nSPS) is 14.4. The van der Waals surface area contributed by atoms with Gasteiger partial charge in [-0.2, -0.15) is 5.10 Å². The van der Waals surface area contributed by atoms with Crippen molar-refractivity contribution >= 4 is 5.91 Å². The minimum atomic E-state index is -0.0327. The first-order chi connectivity index (χ1) is 8.84. The summed E-state index contributed by atoms with van der Waals surface area (Å²) >= 11 is 0. The Labute approximate surface area is 105 Å². The highest BCUT2D eigenvalue weighted by atomic mass is 16.5. The molecule has 1 aliphatic heterocycles. The standard InChI is InChI=1S/C13H13N3O2/c17-13-12-6-7-14-16(12)9-8-15(13)10-18-11-4-2-1-3-5-11/h1-7H,8-10H2. The maximum atomic E-state index is 12.1. The summed E-state index contributed by atoms with van der Waals surface area (Å²) in [5.74, 6) is 0.735. The van der Waals surface area contributed by atoms with E-state index in [1.54, 1.807) is 21.8 Å². The Morgan fingerprint density at radius 2 is 2.00 bits per heavy atom. The zero-order chi connectivity index (χ0) is 12.4. The van der Waals surface area contributed by atoms with Crippen molar-refractivity contribution in [2.45, 2.75) is 6.54 Å². The zero-order valence-corrected chi connectivity index (χ0v) is 9.82. The maximum absolute atomic E-state index is 12.1. The van der Waals surface area contributed by atoms with Crippen molar-refractivity contribution in [3.8, 4) is 5.75 Å². The van der Waals surface area contributed by atoms with Gasteiger partial charge in [0, 0.05) is 12.7 Å². The van der Waals surface area contributed by atoms with E-state index in [1.165, 1.54) is 0 Å². The summed E-state index contributed by atoms with van der Waals surface area (Å²) in [6, 6.07) is 11.2. The molecule has 1 aromatic heterocycles. The van der Waals surface area contributed by atoms with Gasteiger partial charge in [-0.05, 0) is 18.2 Å². The first-order valence-corrected chi connectivity index (χ1v) is 5.83. The number of benzene rings is 1. The lowest BCUT2D eigenvalue weighted by atomic mass is 10.3. The monoisotopic (exact) mass is 243 g/mol. The summed E-state index contributed by atoms with van der Waals surface area (Å²) in [5.41, 5.74) is 0.623. The third kappa shape index (κ3) is 1.95. The van der Waals surface area contributed by atoms with Crippen LogP contribution in [0.1, 0.15) is 10.5 Å². The van der Waals surface area contributed by atoms with Crippen LogP contribution in [0.4, 0.5) is 0 Å². The molecule has 1 amide bonds. The van der Waals surface area contributed by atoms with Gasteiger partial charge >= 0.3 is 0 Å². The lowest BCUT2D eigenvalue weighted by Gasteiger charge is -2.27. The van der Waals surface area contributed by atoms with E-state index in [9.17, 15) is 4.79 Å². The Morgan fingerprint density at radius 3 is 2.83 bits per heavy atom. The van der Waals surface area contributed by atoms with Gasteiger partial charge in [0.25, 0.3) is 5.91 Å². The summed E-state index contributed by atoms with van der Waals surface area (Å²) in [6.07, 6.45) is 1.65. The van der Waals surface area contributed by atoms with Crippen LogP contribution in [0.2, 0.25) is 0 Å². The molecule has 2 aromatic rings. The van der Waals surface area contributed by atoms with E-state index >= 15 is 0 Å². The average Bonchev–Trinajstić information content (AvgIpc) is 2.88. The fourth-order valence-electron chi connectivity index (χ4n) is 1.96. The number of carbonyl (C=O) groups excluding carboxylic acids is 1. The second-order valence-electron chi connectivity index (χ2n) is 4.09. The van der Waals surface area contributed by atoms with Crippen LogP contribution in [0.3, 0.4) is 0 Å². The van der Waals surface area contributed by atoms with Crippen molar-refractivity contribution in [2.24, 2.45) is 0 Å². The molecule has 0 saturated carbocycles. The smallest absolute Gasteiger partial charge is 0.274 e. The predicted octanol–water partition coefficient (Wildman–Crippen LogP) is 1.38. The van der Waals surface area contributed by atoms with Crippen LogP contribution in [0, 0.1) is 0 Å². The molecule has 0 saturated heterocycles. The number of para-hydroxylation sites is 1. The minimum Gasteiger partial charge on any atom is -0.473 e. The number of aromatic nitrogens is 2.